The van der Waals surface area contributed by atoms with E-state index in [1.807, 2.05) is 18.2 Å². The average molecular weight is 467 g/mol. The highest BCUT2D eigenvalue weighted by Crippen LogP contribution is 2.40. The largest absolute Gasteiger partial charge is 0.497 e. The van der Waals surface area contributed by atoms with Crippen LogP contribution in [-0.4, -0.2) is 44.3 Å². The van der Waals surface area contributed by atoms with E-state index in [1.165, 1.54) is 32.7 Å². The van der Waals surface area contributed by atoms with E-state index in [1.54, 1.807) is 37.6 Å². The summed E-state index contributed by atoms with van der Waals surface area (Å²) in [6.07, 6.45) is 1.60. The number of pyridine rings is 1. The van der Waals surface area contributed by atoms with Crippen LogP contribution >= 0.6 is 11.3 Å². The van der Waals surface area contributed by atoms with Crippen molar-refractivity contribution in [2.24, 2.45) is 0 Å². The molecule has 10 heteroatoms. The van der Waals surface area contributed by atoms with Crippen molar-refractivity contribution >= 4 is 44.1 Å². The second kappa shape index (κ2) is 9.61. The van der Waals surface area contributed by atoms with Crippen molar-refractivity contribution < 1.29 is 23.7 Å². The number of nitrogens with zero attached hydrogens (tertiary/aromatic N) is 2. The fraction of sp³-hybridized carbons (Fsp3) is 0.174. The Hall–Kier alpha value is -4.05. The molecule has 1 amide bonds. The molecule has 170 valence electrons. The van der Waals surface area contributed by atoms with Gasteiger partial charge in [-0.15, -0.1) is 0 Å². The van der Waals surface area contributed by atoms with Crippen LogP contribution < -0.4 is 29.6 Å². The molecule has 0 fully saturated rings. The molecule has 9 nitrogen and oxygen atoms in total. The first kappa shape index (κ1) is 22.2. The van der Waals surface area contributed by atoms with Crippen LogP contribution in [0, 0.1) is 0 Å². The van der Waals surface area contributed by atoms with E-state index in [0.717, 1.165) is 16.0 Å². The van der Waals surface area contributed by atoms with Gasteiger partial charge in [-0.3, -0.25) is 10.1 Å². The summed E-state index contributed by atoms with van der Waals surface area (Å²) in [5.41, 5.74) is 1.74. The molecule has 33 heavy (non-hydrogen) atoms. The maximum Gasteiger partial charge on any atom is 0.261 e. The monoisotopic (exact) mass is 466 g/mol. The van der Waals surface area contributed by atoms with E-state index in [-0.39, 0.29) is 5.91 Å². The minimum atomic E-state index is -0.343. The topological polar surface area (TPSA) is 104 Å². The highest BCUT2D eigenvalue weighted by Gasteiger charge is 2.18. The predicted octanol–water partition coefficient (Wildman–Crippen LogP) is 4.72. The number of hydrogen-bond donors (Lipinski definition) is 2. The molecule has 2 N–H and O–H groups in total. The molecule has 0 spiro atoms. The second-order valence-electron chi connectivity index (χ2n) is 6.75. The number of methoxy groups -OCH3 is 4. The number of carbonyl (C=O) groups excluding carboxylic acids is 1. The molecule has 0 saturated heterocycles. The summed E-state index contributed by atoms with van der Waals surface area (Å²) in [7, 11) is 6.21. The molecule has 2 aromatic heterocycles. The number of thiazole rings is 1. The SMILES string of the molecule is COc1ccc2nc(NC(=O)c3cccnc3Nc3cc(OC)c(OC)c(OC)c3)sc2c1. The number of nitrogens with one attached hydrogen (secondary N) is 2. The number of amides is 1. The van der Waals surface area contributed by atoms with Gasteiger partial charge in [0.2, 0.25) is 5.75 Å². The summed E-state index contributed by atoms with van der Waals surface area (Å²) >= 11 is 1.36. The van der Waals surface area contributed by atoms with Gasteiger partial charge < -0.3 is 24.3 Å². The fourth-order valence-electron chi connectivity index (χ4n) is 3.23. The summed E-state index contributed by atoms with van der Waals surface area (Å²) in [6, 6.07) is 12.4. The molecule has 0 bridgehead atoms. The van der Waals surface area contributed by atoms with Gasteiger partial charge in [0.05, 0.1) is 44.2 Å². The number of benzene rings is 2. The predicted molar refractivity (Wildman–Crippen MR) is 128 cm³/mol. The number of fused-ring (bicyclic) bond motifs is 1. The Labute approximate surface area is 194 Å². The number of hydrogen-bond acceptors (Lipinski definition) is 9. The van der Waals surface area contributed by atoms with E-state index in [9.17, 15) is 4.79 Å². The Morgan fingerprint density at radius 3 is 2.36 bits per heavy atom. The summed E-state index contributed by atoms with van der Waals surface area (Å²) in [5.74, 6) is 2.18. The first-order chi connectivity index (χ1) is 16.1. The molecule has 0 aliphatic heterocycles. The van der Waals surface area contributed by atoms with Crippen molar-refractivity contribution in [2.45, 2.75) is 0 Å². The van der Waals surface area contributed by atoms with Crippen molar-refractivity contribution in [3.8, 4) is 23.0 Å². The van der Waals surface area contributed by atoms with Gasteiger partial charge in [0.1, 0.15) is 11.6 Å². The maximum atomic E-state index is 13.1. The van der Waals surface area contributed by atoms with Gasteiger partial charge in [-0.1, -0.05) is 11.3 Å². The maximum absolute atomic E-state index is 13.1. The first-order valence-electron chi connectivity index (χ1n) is 9.84. The van der Waals surface area contributed by atoms with Crippen LogP contribution in [0.2, 0.25) is 0 Å². The molecule has 0 unspecified atom stereocenters. The third kappa shape index (κ3) is 4.60. The van der Waals surface area contributed by atoms with Gasteiger partial charge in [-0.25, -0.2) is 9.97 Å². The normalized spacial score (nSPS) is 10.5. The van der Waals surface area contributed by atoms with Crippen molar-refractivity contribution in [1.29, 1.82) is 0 Å². The number of carbonyl (C=O) groups is 1. The van der Waals surface area contributed by atoms with Gasteiger partial charge in [-0.05, 0) is 30.3 Å². The van der Waals surface area contributed by atoms with Crippen molar-refractivity contribution in [3.63, 3.8) is 0 Å². The van der Waals surface area contributed by atoms with Gasteiger partial charge in [0.25, 0.3) is 5.91 Å². The standard InChI is InChI=1S/C23H22N4O5S/c1-29-14-7-8-16-19(12-14)33-23(26-16)27-22(28)15-6-5-9-24-21(15)25-13-10-17(30-2)20(32-4)18(11-13)31-3/h5-12H,1-4H3,(H,24,25)(H,26,27,28). The molecule has 0 aliphatic rings. The molecule has 0 aliphatic carbocycles. The molecule has 0 radical (unpaired) electrons. The molecular formula is C23H22N4O5S. The average Bonchev–Trinajstić information content (AvgIpc) is 3.24. The van der Waals surface area contributed by atoms with Gasteiger partial charge in [0, 0.05) is 24.0 Å². The summed E-state index contributed by atoms with van der Waals surface area (Å²) < 4.78 is 22.3. The van der Waals surface area contributed by atoms with E-state index in [2.05, 4.69) is 20.6 Å². The molecule has 2 aromatic carbocycles. The molecule has 4 rings (SSSR count). The number of rotatable bonds is 8. The highest BCUT2D eigenvalue weighted by atomic mass is 32.1. The Bertz CT molecular complexity index is 1280. The Morgan fingerprint density at radius 2 is 1.70 bits per heavy atom. The van der Waals surface area contributed by atoms with Crippen LogP contribution in [0.5, 0.6) is 23.0 Å². The van der Waals surface area contributed by atoms with E-state index in [4.69, 9.17) is 18.9 Å². The lowest BCUT2D eigenvalue weighted by Crippen LogP contribution is -2.14. The molecule has 2 heterocycles. The van der Waals surface area contributed by atoms with Crippen molar-refractivity contribution in [3.05, 3.63) is 54.2 Å². The highest BCUT2D eigenvalue weighted by molar-refractivity contribution is 7.22. The lowest BCUT2D eigenvalue weighted by Gasteiger charge is -2.16. The third-order valence-corrected chi connectivity index (χ3v) is 5.73. The first-order valence-corrected chi connectivity index (χ1v) is 10.7. The Morgan fingerprint density at radius 1 is 0.939 bits per heavy atom. The number of anilines is 3. The van der Waals surface area contributed by atoms with Gasteiger partial charge >= 0.3 is 0 Å². The van der Waals surface area contributed by atoms with Crippen LogP contribution in [0.15, 0.2) is 48.7 Å². The zero-order chi connectivity index (χ0) is 23.4. The molecule has 0 saturated carbocycles. The summed E-state index contributed by atoms with van der Waals surface area (Å²) in [5, 5.41) is 6.49. The molecule has 0 atom stereocenters. The third-order valence-electron chi connectivity index (χ3n) is 4.80. The van der Waals surface area contributed by atoms with Crippen LogP contribution in [0.25, 0.3) is 10.2 Å². The van der Waals surface area contributed by atoms with Crippen LogP contribution in [0.1, 0.15) is 10.4 Å². The van der Waals surface area contributed by atoms with Gasteiger partial charge in [-0.2, -0.15) is 0 Å². The minimum absolute atomic E-state index is 0.343. The van der Waals surface area contributed by atoms with Crippen molar-refractivity contribution in [1.82, 2.24) is 9.97 Å². The molecule has 4 aromatic rings. The fourth-order valence-corrected chi connectivity index (χ4v) is 4.12. The van der Waals surface area contributed by atoms with E-state index < -0.39 is 0 Å². The van der Waals surface area contributed by atoms with Crippen LogP contribution in [0.4, 0.5) is 16.6 Å². The summed E-state index contributed by atoms with van der Waals surface area (Å²) in [6.45, 7) is 0. The number of aromatic nitrogens is 2. The lowest BCUT2D eigenvalue weighted by molar-refractivity contribution is 0.102. The van der Waals surface area contributed by atoms with Gasteiger partial charge in [0.15, 0.2) is 16.6 Å². The second-order valence-corrected chi connectivity index (χ2v) is 7.78. The number of ether oxygens (including phenoxy) is 4. The quantitative estimate of drug-likeness (QED) is 0.384. The van der Waals surface area contributed by atoms with Crippen LogP contribution in [-0.2, 0) is 0 Å². The zero-order valence-electron chi connectivity index (χ0n) is 18.5. The smallest absolute Gasteiger partial charge is 0.261 e. The minimum Gasteiger partial charge on any atom is -0.497 e. The van der Waals surface area contributed by atoms with E-state index in [0.29, 0.717) is 39.4 Å². The molecular weight excluding hydrogens is 444 g/mol. The van der Waals surface area contributed by atoms with Crippen molar-refractivity contribution in [2.75, 3.05) is 39.1 Å². The lowest BCUT2D eigenvalue weighted by atomic mass is 10.2. The zero-order valence-corrected chi connectivity index (χ0v) is 19.3. The van der Waals surface area contributed by atoms with Crippen LogP contribution in [0.3, 0.4) is 0 Å². The Kier molecular flexibility index (Phi) is 6.45. The Balaban J connectivity index is 1.61. The van der Waals surface area contributed by atoms with E-state index >= 15 is 0 Å². The summed E-state index contributed by atoms with van der Waals surface area (Å²) in [4.78, 5) is 21.9.